The van der Waals surface area contributed by atoms with E-state index in [1.165, 1.54) is 6.07 Å². The summed E-state index contributed by atoms with van der Waals surface area (Å²) >= 11 is 0. The summed E-state index contributed by atoms with van der Waals surface area (Å²) in [7, 11) is 0. The number of carbonyl (C=O) groups is 1. The molecular formula is C16H23FN2O. The second-order valence-corrected chi connectivity index (χ2v) is 5.67. The van der Waals surface area contributed by atoms with Crippen LogP contribution in [0.3, 0.4) is 0 Å². The molecule has 4 heteroatoms. The molecule has 1 aliphatic heterocycles. The molecule has 0 aromatic heterocycles. The molecule has 0 radical (unpaired) electrons. The van der Waals surface area contributed by atoms with Gasteiger partial charge < -0.3 is 10.6 Å². The van der Waals surface area contributed by atoms with Crippen molar-refractivity contribution in [3.05, 3.63) is 35.1 Å². The number of carbonyl (C=O) groups excluding carboxylic acids is 1. The van der Waals surface area contributed by atoms with E-state index in [4.69, 9.17) is 0 Å². The van der Waals surface area contributed by atoms with Crippen molar-refractivity contribution in [2.45, 2.75) is 51.6 Å². The van der Waals surface area contributed by atoms with Crippen LogP contribution in [0.25, 0.3) is 0 Å². The minimum absolute atomic E-state index is 0.0194. The Morgan fingerprint density at radius 3 is 2.85 bits per heavy atom. The lowest BCUT2D eigenvalue weighted by Crippen LogP contribution is -2.53. The first-order chi connectivity index (χ1) is 9.48. The van der Waals surface area contributed by atoms with Gasteiger partial charge in [0, 0.05) is 0 Å². The Morgan fingerprint density at radius 1 is 1.55 bits per heavy atom. The Balaban J connectivity index is 2.08. The highest BCUT2D eigenvalue weighted by atomic mass is 19.1. The highest BCUT2D eigenvalue weighted by Crippen LogP contribution is 2.25. The summed E-state index contributed by atoms with van der Waals surface area (Å²) in [6.45, 7) is 6.53. The van der Waals surface area contributed by atoms with Crippen molar-refractivity contribution in [2.24, 2.45) is 0 Å². The Morgan fingerprint density at radius 2 is 2.30 bits per heavy atom. The quantitative estimate of drug-likeness (QED) is 0.889. The zero-order valence-electron chi connectivity index (χ0n) is 12.4. The molecule has 1 aromatic rings. The Hall–Kier alpha value is -1.42. The Labute approximate surface area is 120 Å². The summed E-state index contributed by atoms with van der Waals surface area (Å²) in [5.41, 5.74) is 0.970. The zero-order valence-corrected chi connectivity index (χ0v) is 12.4. The van der Waals surface area contributed by atoms with Gasteiger partial charge in [0.25, 0.3) is 0 Å². The summed E-state index contributed by atoms with van der Waals surface area (Å²) in [6.07, 6.45) is 2.66. The van der Waals surface area contributed by atoms with Crippen molar-refractivity contribution in [3.63, 3.8) is 0 Å². The van der Waals surface area contributed by atoms with Gasteiger partial charge in [-0.25, -0.2) is 4.39 Å². The number of aryl methyl sites for hydroxylation is 1. The third-order valence-corrected chi connectivity index (χ3v) is 4.33. The first-order valence-corrected chi connectivity index (χ1v) is 7.30. The van der Waals surface area contributed by atoms with E-state index in [2.05, 4.69) is 10.6 Å². The predicted molar refractivity (Wildman–Crippen MR) is 78.0 cm³/mol. The maximum atomic E-state index is 13.6. The predicted octanol–water partition coefficient (Wildman–Crippen LogP) is 2.84. The van der Waals surface area contributed by atoms with Crippen LogP contribution in [0.2, 0.25) is 0 Å². The first kappa shape index (κ1) is 15.0. The normalized spacial score (nSPS) is 23.6. The summed E-state index contributed by atoms with van der Waals surface area (Å²) in [5, 5.41) is 6.32. The fraction of sp³-hybridized carbons (Fsp3) is 0.562. The van der Waals surface area contributed by atoms with Crippen LogP contribution in [0.15, 0.2) is 18.2 Å². The smallest absolute Gasteiger partial charge is 0.240 e. The fourth-order valence-electron chi connectivity index (χ4n) is 2.76. The number of hydrogen-bond acceptors (Lipinski definition) is 2. The van der Waals surface area contributed by atoms with E-state index in [1.807, 2.05) is 19.9 Å². The Bertz CT molecular complexity index is 495. The van der Waals surface area contributed by atoms with Gasteiger partial charge in [0.05, 0.1) is 11.6 Å². The number of nitrogens with one attached hydrogen (secondary N) is 2. The number of halogens is 1. The minimum Gasteiger partial charge on any atom is -0.348 e. The summed E-state index contributed by atoms with van der Waals surface area (Å²) in [5.74, 6) is -0.209. The summed E-state index contributed by atoms with van der Waals surface area (Å²) in [6, 6.07) is 4.92. The molecule has 1 aromatic carbocycles. The molecule has 2 N–H and O–H groups in total. The van der Waals surface area contributed by atoms with E-state index in [9.17, 15) is 9.18 Å². The largest absolute Gasteiger partial charge is 0.348 e. The van der Waals surface area contributed by atoms with Gasteiger partial charge in [0.1, 0.15) is 5.82 Å². The molecule has 0 saturated carbocycles. The lowest BCUT2D eigenvalue weighted by atomic mass is 9.92. The van der Waals surface area contributed by atoms with Gasteiger partial charge in [-0.05, 0) is 56.8 Å². The van der Waals surface area contributed by atoms with E-state index in [0.29, 0.717) is 5.56 Å². The maximum Gasteiger partial charge on any atom is 0.240 e. The topological polar surface area (TPSA) is 41.1 Å². The molecule has 0 bridgehead atoms. The minimum atomic E-state index is -0.447. The molecule has 20 heavy (non-hydrogen) atoms. The van der Waals surface area contributed by atoms with Crippen LogP contribution >= 0.6 is 0 Å². The van der Waals surface area contributed by atoms with Crippen molar-refractivity contribution in [1.82, 2.24) is 10.6 Å². The van der Waals surface area contributed by atoms with Gasteiger partial charge in [-0.3, -0.25) is 4.79 Å². The van der Waals surface area contributed by atoms with Crippen LogP contribution in [0.5, 0.6) is 0 Å². The van der Waals surface area contributed by atoms with Gasteiger partial charge in [-0.1, -0.05) is 19.1 Å². The third kappa shape index (κ3) is 2.85. The number of hydrogen-bond donors (Lipinski definition) is 2. The van der Waals surface area contributed by atoms with Gasteiger partial charge in [0.2, 0.25) is 5.91 Å². The van der Waals surface area contributed by atoms with E-state index in [-0.39, 0.29) is 17.8 Å². The number of rotatable bonds is 4. The lowest BCUT2D eigenvalue weighted by Gasteiger charge is -2.28. The zero-order chi connectivity index (χ0) is 14.8. The van der Waals surface area contributed by atoms with E-state index in [1.54, 1.807) is 13.0 Å². The van der Waals surface area contributed by atoms with Gasteiger partial charge >= 0.3 is 0 Å². The Kier molecular flexibility index (Phi) is 4.43. The molecule has 110 valence electrons. The SMILES string of the molecule is CCC1(C(=O)NC(C)c2ccc(C)c(F)c2)CCCN1. The van der Waals surface area contributed by atoms with E-state index in [0.717, 1.165) is 31.4 Å². The molecule has 0 aliphatic carbocycles. The second-order valence-electron chi connectivity index (χ2n) is 5.67. The number of benzene rings is 1. The van der Waals surface area contributed by atoms with Crippen LogP contribution < -0.4 is 10.6 Å². The molecule has 1 heterocycles. The molecular weight excluding hydrogens is 255 g/mol. The summed E-state index contributed by atoms with van der Waals surface area (Å²) < 4.78 is 13.6. The van der Waals surface area contributed by atoms with Crippen molar-refractivity contribution in [2.75, 3.05) is 6.54 Å². The van der Waals surface area contributed by atoms with Gasteiger partial charge in [-0.2, -0.15) is 0 Å². The average molecular weight is 278 g/mol. The molecule has 1 fully saturated rings. The highest BCUT2D eigenvalue weighted by molar-refractivity contribution is 5.87. The molecule has 3 nitrogen and oxygen atoms in total. The van der Waals surface area contributed by atoms with Crippen molar-refractivity contribution in [1.29, 1.82) is 0 Å². The first-order valence-electron chi connectivity index (χ1n) is 7.30. The second kappa shape index (κ2) is 5.92. The van der Waals surface area contributed by atoms with Crippen molar-refractivity contribution in [3.8, 4) is 0 Å². The average Bonchev–Trinajstić information content (AvgIpc) is 2.91. The standard InChI is InChI=1S/C16H23FN2O/c1-4-16(8-5-9-18-16)15(20)19-12(3)13-7-6-11(2)14(17)10-13/h6-7,10,12,18H,4-5,8-9H2,1-3H3,(H,19,20). The molecule has 1 aliphatic rings. The lowest BCUT2D eigenvalue weighted by molar-refractivity contribution is -0.128. The van der Waals surface area contributed by atoms with Crippen LogP contribution in [-0.4, -0.2) is 18.0 Å². The monoisotopic (exact) mass is 278 g/mol. The van der Waals surface area contributed by atoms with Gasteiger partial charge in [0.15, 0.2) is 0 Å². The van der Waals surface area contributed by atoms with Crippen LogP contribution in [0.4, 0.5) is 4.39 Å². The molecule has 2 rings (SSSR count). The van der Waals surface area contributed by atoms with Crippen molar-refractivity contribution < 1.29 is 9.18 Å². The van der Waals surface area contributed by atoms with Crippen LogP contribution in [0, 0.1) is 12.7 Å². The molecule has 1 saturated heterocycles. The summed E-state index contributed by atoms with van der Waals surface area (Å²) in [4.78, 5) is 12.5. The third-order valence-electron chi connectivity index (χ3n) is 4.33. The molecule has 2 atom stereocenters. The van der Waals surface area contributed by atoms with E-state index < -0.39 is 5.54 Å². The van der Waals surface area contributed by atoms with Crippen molar-refractivity contribution >= 4 is 5.91 Å². The van der Waals surface area contributed by atoms with Crippen LogP contribution in [0.1, 0.15) is 50.3 Å². The number of amides is 1. The van der Waals surface area contributed by atoms with Gasteiger partial charge in [-0.15, -0.1) is 0 Å². The molecule has 2 unspecified atom stereocenters. The molecule has 0 spiro atoms. The maximum absolute atomic E-state index is 13.6. The van der Waals surface area contributed by atoms with Crippen LogP contribution in [-0.2, 0) is 4.79 Å². The fourth-order valence-corrected chi connectivity index (χ4v) is 2.76. The highest BCUT2D eigenvalue weighted by Gasteiger charge is 2.39. The van der Waals surface area contributed by atoms with E-state index >= 15 is 0 Å². The molecule has 1 amide bonds.